The lowest BCUT2D eigenvalue weighted by Crippen LogP contribution is -2.43. The zero-order valence-electron chi connectivity index (χ0n) is 17.2. The van der Waals surface area contributed by atoms with Crippen LogP contribution in [0, 0.1) is 5.92 Å². The standard InChI is InChI=1S/C23H27N3O3S/c1-29-16-4-12-24-22(27)18-9-13-25(14-10-18)23(28)20-7-8-21(30-20)26-15-11-17-5-2-3-6-19(17)26/h2-3,5-8,11,15,18H,4,9-10,12-14,16H2,1H3,(H,24,27). The first-order chi connectivity index (χ1) is 14.7. The van der Waals surface area contributed by atoms with Gasteiger partial charge in [0.05, 0.1) is 10.4 Å². The lowest BCUT2D eigenvalue weighted by molar-refractivity contribution is -0.126. The second-order valence-corrected chi connectivity index (χ2v) is 8.65. The SMILES string of the molecule is COCCCNC(=O)C1CCN(C(=O)c2ccc(-n3ccc4ccccc43)s2)CC1. The predicted molar refractivity (Wildman–Crippen MR) is 119 cm³/mol. The second-order valence-electron chi connectivity index (χ2n) is 7.59. The number of aromatic nitrogens is 1. The number of carbonyl (C=O) groups is 2. The molecule has 6 nitrogen and oxygen atoms in total. The van der Waals surface area contributed by atoms with E-state index in [4.69, 9.17) is 4.74 Å². The first-order valence-corrected chi connectivity index (χ1v) is 11.2. The summed E-state index contributed by atoms with van der Waals surface area (Å²) >= 11 is 1.51. The summed E-state index contributed by atoms with van der Waals surface area (Å²) in [5, 5.41) is 5.19. The van der Waals surface area contributed by atoms with Crippen LogP contribution >= 0.6 is 11.3 Å². The maximum Gasteiger partial charge on any atom is 0.263 e. The Morgan fingerprint density at radius 1 is 1.13 bits per heavy atom. The van der Waals surface area contributed by atoms with Crippen molar-refractivity contribution in [1.29, 1.82) is 0 Å². The number of para-hydroxylation sites is 1. The molecule has 1 aliphatic heterocycles. The molecule has 30 heavy (non-hydrogen) atoms. The second kappa shape index (κ2) is 9.45. The Morgan fingerprint density at radius 3 is 2.73 bits per heavy atom. The number of nitrogens with one attached hydrogen (secondary N) is 1. The highest BCUT2D eigenvalue weighted by molar-refractivity contribution is 7.16. The van der Waals surface area contributed by atoms with E-state index in [1.54, 1.807) is 7.11 Å². The number of fused-ring (bicyclic) bond motifs is 1. The molecule has 7 heteroatoms. The van der Waals surface area contributed by atoms with Gasteiger partial charge in [0.25, 0.3) is 5.91 Å². The smallest absolute Gasteiger partial charge is 0.263 e. The quantitative estimate of drug-likeness (QED) is 0.587. The zero-order valence-corrected chi connectivity index (χ0v) is 18.0. The molecule has 158 valence electrons. The minimum Gasteiger partial charge on any atom is -0.385 e. The Bertz CT molecular complexity index is 1020. The van der Waals surface area contributed by atoms with Crippen LogP contribution in [0.1, 0.15) is 28.9 Å². The largest absolute Gasteiger partial charge is 0.385 e. The average Bonchev–Trinajstić information content (AvgIpc) is 3.43. The van der Waals surface area contributed by atoms with E-state index >= 15 is 0 Å². The molecule has 0 unspecified atom stereocenters. The van der Waals surface area contributed by atoms with Crippen molar-refractivity contribution >= 4 is 34.1 Å². The van der Waals surface area contributed by atoms with E-state index in [9.17, 15) is 9.59 Å². The number of hydrogen-bond donors (Lipinski definition) is 1. The number of carbonyl (C=O) groups excluding carboxylic acids is 2. The summed E-state index contributed by atoms with van der Waals surface area (Å²) in [6, 6.07) is 14.2. The normalized spacial score (nSPS) is 14.9. The van der Waals surface area contributed by atoms with Crippen molar-refractivity contribution in [2.24, 2.45) is 5.92 Å². The van der Waals surface area contributed by atoms with Crippen molar-refractivity contribution in [3.05, 3.63) is 53.5 Å². The molecule has 3 heterocycles. The van der Waals surface area contributed by atoms with Crippen LogP contribution in [-0.2, 0) is 9.53 Å². The van der Waals surface area contributed by atoms with Crippen LogP contribution in [0.4, 0.5) is 0 Å². The molecular formula is C23H27N3O3S. The Hall–Kier alpha value is -2.64. The van der Waals surface area contributed by atoms with Crippen molar-refractivity contribution in [2.45, 2.75) is 19.3 Å². The maximum atomic E-state index is 13.0. The van der Waals surface area contributed by atoms with Crippen LogP contribution in [0.5, 0.6) is 0 Å². The lowest BCUT2D eigenvalue weighted by atomic mass is 9.95. The Balaban J connectivity index is 1.34. The minimum atomic E-state index is -0.0123. The zero-order chi connectivity index (χ0) is 20.9. The summed E-state index contributed by atoms with van der Waals surface area (Å²) in [4.78, 5) is 27.9. The van der Waals surface area contributed by atoms with Gasteiger partial charge in [-0.1, -0.05) is 18.2 Å². The number of hydrogen-bond acceptors (Lipinski definition) is 4. The van der Waals surface area contributed by atoms with Crippen LogP contribution in [0.2, 0.25) is 0 Å². The number of methoxy groups -OCH3 is 1. The molecule has 1 N–H and O–H groups in total. The van der Waals surface area contributed by atoms with Crippen LogP contribution < -0.4 is 5.32 Å². The fourth-order valence-corrected chi connectivity index (χ4v) is 4.89. The molecule has 2 aromatic heterocycles. The lowest BCUT2D eigenvalue weighted by Gasteiger charge is -2.31. The van der Waals surface area contributed by atoms with Crippen molar-refractivity contribution in [3.8, 4) is 5.00 Å². The van der Waals surface area contributed by atoms with Gasteiger partial charge >= 0.3 is 0 Å². The minimum absolute atomic E-state index is 0.0123. The monoisotopic (exact) mass is 425 g/mol. The topological polar surface area (TPSA) is 63.6 Å². The first-order valence-electron chi connectivity index (χ1n) is 10.4. The molecule has 0 radical (unpaired) electrons. The number of nitrogens with zero attached hydrogens (tertiary/aromatic N) is 2. The van der Waals surface area contributed by atoms with Crippen LogP contribution in [0.15, 0.2) is 48.7 Å². The van der Waals surface area contributed by atoms with E-state index < -0.39 is 0 Å². The van der Waals surface area contributed by atoms with E-state index in [1.165, 1.54) is 16.7 Å². The predicted octanol–water partition coefficient (Wildman–Crippen LogP) is 3.70. The molecule has 0 saturated carbocycles. The highest BCUT2D eigenvalue weighted by Gasteiger charge is 2.28. The van der Waals surface area contributed by atoms with Crippen molar-refractivity contribution in [2.75, 3.05) is 33.4 Å². The van der Waals surface area contributed by atoms with Gasteiger partial charge in [-0.3, -0.25) is 9.59 Å². The fourth-order valence-electron chi connectivity index (χ4n) is 3.92. The van der Waals surface area contributed by atoms with Crippen LogP contribution in [-0.4, -0.2) is 54.6 Å². The van der Waals surface area contributed by atoms with Crippen molar-refractivity contribution in [1.82, 2.24) is 14.8 Å². The molecule has 1 saturated heterocycles. The van der Waals surface area contributed by atoms with E-state index in [1.807, 2.05) is 35.4 Å². The van der Waals surface area contributed by atoms with Gasteiger partial charge in [0.1, 0.15) is 5.00 Å². The molecule has 1 aromatic carbocycles. The number of piperidine rings is 1. The van der Waals surface area contributed by atoms with Gasteiger partial charge in [-0.15, -0.1) is 11.3 Å². The highest BCUT2D eigenvalue weighted by Crippen LogP contribution is 2.28. The van der Waals surface area contributed by atoms with Gasteiger partial charge in [-0.25, -0.2) is 0 Å². The van der Waals surface area contributed by atoms with Gasteiger partial charge in [0.15, 0.2) is 0 Å². The third-order valence-electron chi connectivity index (χ3n) is 5.62. The molecule has 4 rings (SSSR count). The van der Waals surface area contributed by atoms with Crippen LogP contribution in [0.25, 0.3) is 15.9 Å². The summed E-state index contributed by atoms with van der Waals surface area (Å²) in [5.41, 5.74) is 1.13. The summed E-state index contributed by atoms with van der Waals surface area (Å²) in [7, 11) is 1.66. The van der Waals surface area contributed by atoms with Gasteiger partial charge in [-0.05, 0) is 48.9 Å². The van der Waals surface area contributed by atoms with Crippen molar-refractivity contribution in [3.63, 3.8) is 0 Å². The Labute approximate surface area is 180 Å². The molecule has 0 aliphatic carbocycles. The number of likely N-dealkylation sites (tertiary alicyclic amines) is 1. The molecule has 0 bridgehead atoms. The highest BCUT2D eigenvalue weighted by atomic mass is 32.1. The molecule has 0 spiro atoms. The molecular weight excluding hydrogens is 398 g/mol. The Morgan fingerprint density at radius 2 is 1.93 bits per heavy atom. The van der Waals surface area contributed by atoms with Gasteiger partial charge in [0.2, 0.25) is 5.91 Å². The number of thiophene rings is 1. The van der Waals surface area contributed by atoms with Gasteiger partial charge in [-0.2, -0.15) is 0 Å². The van der Waals surface area contributed by atoms with Gasteiger partial charge in [0, 0.05) is 45.5 Å². The summed E-state index contributed by atoms with van der Waals surface area (Å²) in [5.74, 6) is 0.138. The molecule has 1 aliphatic rings. The molecule has 2 amide bonds. The summed E-state index contributed by atoms with van der Waals surface area (Å²) in [6.07, 6.45) is 4.28. The number of rotatable bonds is 7. The number of ether oxygens (including phenoxy) is 1. The number of amides is 2. The van der Waals surface area contributed by atoms with Crippen molar-refractivity contribution < 1.29 is 14.3 Å². The maximum absolute atomic E-state index is 13.0. The summed E-state index contributed by atoms with van der Waals surface area (Å²) in [6.45, 7) is 2.52. The third-order valence-corrected chi connectivity index (χ3v) is 6.69. The van der Waals surface area contributed by atoms with E-state index in [0.717, 1.165) is 21.8 Å². The van der Waals surface area contributed by atoms with E-state index in [-0.39, 0.29) is 17.7 Å². The molecule has 1 fully saturated rings. The number of benzene rings is 1. The average molecular weight is 426 g/mol. The summed E-state index contributed by atoms with van der Waals surface area (Å²) < 4.78 is 7.12. The molecule has 3 aromatic rings. The van der Waals surface area contributed by atoms with E-state index in [2.05, 4.69) is 28.1 Å². The fraction of sp³-hybridized carbons (Fsp3) is 0.391. The van der Waals surface area contributed by atoms with E-state index in [0.29, 0.717) is 39.1 Å². The third kappa shape index (κ3) is 4.42. The van der Waals surface area contributed by atoms with Crippen LogP contribution in [0.3, 0.4) is 0 Å². The first kappa shape index (κ1) is 20.6. The molecule has 0 atom stereocenters. The van der Waals surface area contributed by atoms with Gasteiger partial charge < -0.3 is 19.5 Å². The Kier molecular flexibility index (Phi) is 6.50.